The maximum absolute atomic E-state index is 10.5. The molecule has 8 nitrogen and oxygen atoms in total. The predicted octanol–water partition coefficient (Wildman–Crippen LogP) is 2.31. The summed E-state index contributed by atoms with van der Waals surface area (Å²) >= 11 is 0. The molecule has 1 unspecified atom stereocenters. The van der Waals surface area contributed by atoms with E-state index in [1.54, 1.807) is 0 Å². The number of rotatable bonds is 8. The number of pyridine rings is 1. The highest BCUT2D eigenvalue weighted by atomic mass is 16.5. The summed E-state index contributed by atoms with van der Waals surface area (Å²) in [5.41, 5.74) is 1.60. The Morgan fingerprint density at radius 1 is 1.14 bits per heavy atom. The monoisotopic (exact) mass is 396 g/mol. The smallest absolute Gasteiger partial charge is 0.191 e. The average Bonchev–Trinajstić information content (AvgIpc) is 3.13. The molecule has 0 bridgehead atoms. The lowest BCUT2D eigenvalue weighted by molar-refractivity contribution is 0.180. The summed E-state index contributed by atoms with van der Waals surface area (Å²) in [6.45, 7) is 7.37. The summed E-state index contributed by atoms with van der Waals surface area (Å²) in [5.74, 6) is 2.15. The molecule has 0 saturated heterocycles. The standard InChI is InChI=1S/C21H28N6O2/c1-4-22-21(24-14-20-26-25-19-7-5-6-12-27(19)20)23-13-18(28)16-8-10-17(11-9-16)29-15(2)3/h5-12,15,18,28H,4,13-14H2,1-3H3,(H2,22,23,24). The van der Waals surface area contributed by atoms with Crippen molar-refractivity contribution in [1.82, 2.24) is 25.2 Å². The van der Waals surface area contributed by atoms with Gasteiger partial charge >= 0.3 is 0 Å². The van der Waals surface area contributed by atoms with Gasteiger partial charge < -0.3 is 20.5 Å². The molecule has 0 spiro atoms. The number of aliphatic imine (C=N–C) groups is 1. The van der Waals surface area contributed by atoms with Gasteiger partial charge in [0.1, 0.15) is 12.3 Å². The number of hydrogen-bond donors (Lipinski definition) is 3. The number of fused-ring (bicyclic) bond motifs is 1. The van der Waals surface area contributed by atoms with E-state index in [1.807, 2.05) is 73.8 Å². The van der Waals surface area contributed by atoms with Crippen molar-refractivity contribution in [2.75, 3.05) is 13.1 Å². The highest BCUT2D eigenvalue weighted by Gasteiger charge is 2.10. The van der Waals surface area contributed by atoms with Crippen LogP contribution in [0.1, 0.15) is 38.3 Å². The van der Waals surface area contributed by atoms with E-state index in [9.17, 15) is 5.11 Å². The second kappa shape index (κ2) is 9.88. The fourth-order valence-corrected chi connectivity index (χ4v) is 2.84. The van der Waals surface area contributed by atoms with Crippen LogP contribution in [-0.4, -0.2) is 44.9 Å². The number of nitrogens with zero attached hydrogens (tertiary/aromatic N) is 4. The van der Waals surface area contributed by atoms with Crippen LogP contribution < -0.4 is 15.4 Å². The van der Waals surface area contributed by atoms with Crippen LogP contribution in [0.4, 0.5) is 0 Å². The molecule has 3 N–H and O–H groups in total. The van der Waals surface area contributed by atoms with Crippen molar-refractivity contribution in [3.8, 4) is 5.75 Å². The number of aromatic nitrogens is 3. The highest BCUT2D eigenvalue weighted by Crippen LogP contribution is 2.18. The van der Waals surface area contributed by atoms with Gasteiger partial charge in [-0.3, -0.25) is 4.40 Å². The van der Waals surface area contributed by atoms with E-state index in [-0.39, 0.29) is 6.10 Å². The molecule has 0 aliphatic heterocycles. The fourth-order valence-electron chi connectivity index (χ4n) is 2.84. The molecule has 29 heavy (non-hydrogen) atoms. The van der Waals surface area contributed by atoms with Crippen molar-refractivity contribution in [3.05, 3.63) is 60.0 Å². The Balaban J connectivity index is 1.60. The van der Waals surface area contributed by atoms with Crippen LogP contribution in [0.3, 0.4) is 0 Å². The van der Waals surface area contributed by atoms with E-state index < -0.39 is 6.10 Å². The lowest BCUT2D eigenvalue weighted by Crippen LogP contribution is -2.39. The molecule has 1 aromatic carbocycles. The lowest BCUT2D eigenvalue weighted by atomic mass is 10.1. The average molecular weight is 396 g/mol. The lowest BCUT2D eigenvalue weighted by Gasteiger charge is -2.16. The number of aliphatic hydroxyl groups excluding tert-OH is 1. The second-order valence-corrected chi connectivity index (χ2v) is 6.87. The van der Waals surface area contributed by atoms with Gasteiger partial charge in [-0.05, 0) is 50.6 Å². The minimum Gasteiger partial charge on any atom is -0.491 e. The van der Waals surface area contributed by atoms with Crippen LogP contribution in [0.25, 0.3) is 5.65 Å². The maximum Gasteiger partial charge on any atom is 0.191 e. The van der Waals surface area contributed by atoms with E-state index in [1.165, 1.54) is 0 Å². The third kappa shape index (κ3) is 5.68. The SMILES string of the molecule is CCNC(=NCc1nnc2ccccn12)NCC(O)c1ccc(OC(C)C)cc1. The molecule has 0 fully saturated rings. The first-order valence-electron chi connectivity index (χ1n) is 9.82. The number of guanidine groups is 1. The first kappa shape index (κ1) is 20.6. The summed E-state index contributed by atoms with van der Waals surface area (Å²) in [5, 5.41) is 25.2. The van der Waals surface area contributed by atoms with Crippen molar-refractivity contribution >= 4 is 11.6 Å². The van der Waals surface area contributed by atoms with Gasteiger partial charge in [-0.2, -0.15) is 0 Å². The zero-order valence-electron chi connectivity index (χ0n) is 17.0. The van der Waals surface area contributed by atoms with E-state index in [4.69, 9.17) is 4.74 Å². The number of hydrogen-bond acceptors (Lipinski definition) is 5. The van der Waals surface area contributed by atoms with E-state index >= 15 is 0 Å². The molecule has 154 valence electrons. The molecule has 3 rings (SSSR count). The van der Waals surface area contributed by atoms with Crippen LogP contribution in [0.15, 0.2) is 53.7 Å². The third-order valence-corrected chi connectivity index (χ3v) is 4.21. The van der Waals surface area contributed by atoms with Crippen LogP contribution in [-0.2, 0) is 6.54 Å². The molecule has 0 amide bonds. The molecule has 0 saturated carbocycles. The predicted molar refractivity (Wildman–Crippen MR) is 113 cm³/mol. The number of benzene rings is 1. The van der Waals surface area contributed by atoms with E-state index in [0.29, 0.717) is 25.6 Å². The minimum atomic E-state index is -0.666. The van der Waals surface area contributed by atoms with Crippen molar-refractivity contribution in [1.29, 1.82) is 0 Å². The molecule has 2 aromatic heterocycles. The number of aliphatic hydroxyl groups is 1. The molecule has 2 heterocycles. The Bertz CT molecular complexity index is 936. The Kier molecular flexibility index (Phi) is 7.02. The minimum absolute atomic E-state index is 0.119. The first-order chi connectivity index (χ1) is 14.1. The molecule has 8 heteroatoms. The molecule has 0 radical (unpaired) electrons. The van der Waals surface area contributed by atoms with Gasteiger partial charge in [0.2, 0.25) is 0 Å². The van der Waals surface area contributed by atoms with Gasteiger partial charge in [0.15, 0.2) is 17.4 Å². The van der Waals surface area contributed by atoms with E-state index in [0.717, 1.165) is 22.8 Å². The Labute approximate surface area is 170 Å². The van der Waals surface area contributed by atoms with Crippen LogP contribution >= 0.6 is 0 Å². The van der Waals surface area contributed by atoms with E-state index in [2.05, 4.69) is 25.8 Å². The van der Waals surface area contributed by atoms with Crippen LogP contribution in [0.2, 0.25) is 0 Å². The molecular formula is C21H28N6O2. The van der Waals surface area contributed by atoms with Crippen molar-refractivity contribution in [2.24, 2.45) is 4.99 Å². The second-order valence-electron chi connectivity index (χ2n) is 6.87. The first-order valence-corrected chi connectivity index (χ1v) is 9.82. The van der Waals surface area contributed by atoms with Gasteiger partial charge in [0.05, 0.1) is 12.2 Å². The van der Waals surface area contributed by atoms with Gasteiger partial charge in [0, 0.05) is 19.3 Å². The van der Waals surface area contributed by atoms with Crippen molar-refractivity contribution in [2.45, 2.75) is 39.5 Å². The van der Waals surface area contributed by atoms with Crippen molar-refractivity contribution in [3.63, 3.8) is 0 Å². The van der Waals surface area contributed by atoms with Gasteiger partial charge in [0.25, 0.3) is 0 Å². The summed E-state index contributed by atoms with van der Waals surface area (Å²) in [6.07, 6.45) is 1.37. The molecule has 3 aromatic rings. The molecule has 1 atom stereocenters. The fraction of sp³-hybridized carbons (Fsp3) is 0.381. The largest absolute Gasteiger partial charge is 0.491 e. The summed E-state index contributed by atoms with van der Waals surface area (Å²) < 4.78 is 7.54. The molecule has 0 aliphatic rings. The quantitative estimate of drug-likeness (QED) is 0.399. The maximum atomic E-state index is 10.5. The Morgan fingerprint density at radius 2 is 1.93 bits per heavy atom. The summed E-state index contributed by atoms with van der Waals surface area (Å²) in [7, 11) is 0. The highest BCUT2D eigenvalue weighted by molar-refractivity contribution is 5.79. The number of ether oxygens (including phenoxy) is 1. The number of nitrogens with one attached hydrogen (secondary N) is 2. The Hall–Kier alpha value is -3.13. The van der Waals surface area contributed by atoms with Gasteiger partial charge in [-0.25, -0.2) is 4.99 Å². The van der Waals surface area contributed by atoms with Gasteiger partial charge in [-0.15, -0.1) is 10.2 Å². The zero-order chi connectivity index (χ0) is 20.6. The summed E-state index contributed by atoms with van der Waals surface area (Å²) in [6, 6.07) is 13.2. The van der Waals surface area contributed by atoms with Crippen LogP contribution in [0, 0.1) is 0 Å². The normalized spacial score (nSPS) is 12.9. The van der Waals surface area contributed by atoms with Gasteiger partial charge in [-0.1, -0.05) is 18.2 Å². The zero-order valence-corrected chi connectivity index (χ0v) is 17.0. The topological polar surface area (TPSA) is 96.1 Å². The summed E-state index contributed by atoms with van der Waals surface area (Å²) in [4.78, 5) is 4.56. The van der Waals surface area contributed by atoms with Crippen LogP contribution in [0.5, 0.6) is 5.75 Å². The third-order valence-electron chi connectivity index (χ3n) is 4.21. The van der Waals surface area contributed by atoms with Crippen molar-refractivity contribution < 1.29 is 9.84 Å². The Morgan fingerprint density at radius 3 is 2.66 bits per heavy atom. The molecular weight excluding hydrogens is 368 g/mol. The molecule has 0 aliphatic carbocycles.